The van der Waals surface area contributed by atoms with Crippen molar-refractivity contribution in [3.8, 4) is 5.75 Å². The molecular formula is C21H18BrNO2. The second kappa shape index (κ2) is 8.49. The summed E-state index contributed by atoms with van der Waals surface area (Å²) in [7, 11) is 0. The lowest BCUT2D eigenvalue weighted by atomic mass is 10.2. The van der Waals surface area contributed by atoms with Crippen LogP contribution in [0.15, 0.2) is 83.3 Å². The molecule has 0 unspecified atom stereocenters. The largest absolute Gasteiger partial charge is 0.493 e. The van der Waals surface area contributed by atoms with Gasteiger partial charge in [0.1, 0.15) is 5.75 Å². The van der Waals surface area contributed by atoms with Gasteiger partial charge in [0.05, 0.1) is 6.61 Å². The van der Waals surface area contributed by atoms with Gasteiger partial charge in [0, 0.05) is 22.1 Å². The summed E-state index contributed by atoms with van der Waals surface area (Å²) in [6.07, 6.45) is 0.853. The highest BCUT2D eigenvalue weighted by Crippen LogP contribution is 2.18. The Morgan fingerprint density at radius 2 is 1.68 bits per heavy atom. The molecule has 0 radical (unpaired) electrons. The first kappa shape index (κ1) is 17.2. The van der Waals surface area contributed by atoms with Crippen LogP contribution in [0.1, 0.15) is 15.9 Å². The molecule has 3 nitrogen and oxygen atoms in total. The van der Waals surface area contributed by atoms with Crippen molar-refractivity contribution >= 4 is 27.5 Å². The Morgan fingerprint density at radius 1 is 0.920 bits per heavy atom. The average Bonchev–Trinajstić information content (AvgIpc) is 2.63. The molecule has 0 atom stereocenters. The summed E-state index contributed by atoms with van der Waals surface area (Å²) in [4.78, 5) is 12.3. The van der Waals surface area contributed by atoms with E-state index < -0.39 is 0 Å². The van der Waals surface area contributed by atoms with Crippen molar-refractivity contribution in [3.05, 3.63) is 94.5 Å². The van der Waals surface area contributed by atoms with E-state index in [1.165, 1.54) is 5.56 Å². The fourth-order valence-corrected chi connectivity index (χ4v) is 2.80. The molecular weight excluding hydrogens is 378 g/mol. The Morgan fingerprint density at radius 3 is 2.40 bits per heavy atom. The van der Waals surface area contributed by atoms with Crippen LogP contribution < -0.4 is 10.1 Å². The van der Waals surface area contributed by atoms with Crippen LogP contribution >= 0.6 is 15.9 Å². The van der Waals surface area contributed by atoms with Gasteiger partial charge in [0.2, 0.25) is 0 Å². The molecule has 0 aromatic heterocycles. The predicted octanol–water partition coefficient (Wildman–Crippen LogP) is 5.32. The van der Waals surface area contributed by atoms with Crippen LogP contribution in [0, 0.1) is 0 Å². The lowest BCUT2D eigenvalue weighted by Crippen LogP contribution is -2.11. The number of rotatable bonds is 6. The molecule has 126 valence electrons. The highest BCUT2D eigenvalue weighted by atomic mass is 79.9. The number of anilines is 1. The van der Waals surface area contributed by atoms with E-state index in [4.69, 9.17) is 4.74 Å². The molecule has 0 fully saturated rings. The molecule has 0 bridgehead atoms. The summed E-state index contributed by atoms with van der Waals surface area (Å²) < 4.78 is 6.66. The Labute approximate surface area is 155 Å². The molecule has 1 N–H and O–H groups in total. The molecule has 0 aliphatic carbocycles. The van der Waals surface area contributed by atoms with E-state index in [1.54, 1.807) is 12.1 Å². The van der Waals surface area contributed by atoms with Gasteiger partial charge in [-0.2, -0.15) is 0 Å². The SMILES string of the molecule is O=C(Nc1cccc(Br)c1)c1ccc(OCCc2ccccc2)cc1. The smallest absolute Gasteiger partial charge is 0.255 e. The minimum Gasteiger partial charge on any atom is -0.493 e. The van der Waals surface area contributed by atoms with Crippen LogP contribution in [-0.4, -0.2) is 12.5 Å². The molecule has 0 heterocycles. The van der Waals surface area contributed by atoms with Gasteiger partial charge in [-0.15, -0.1) is 0 Å². The molecule has 0 spiro atoms. The fraction of sp³-hybridized carbons (Fsp3) is 0.0952. The van der Waals surface area contributed by atoms with Crippen molar-refractivity contribution in [2.24, 2.45) is 0 Å². The van der Waals surface area contributed by atoms with E-state index in [2.05, 4.69) is 33.4 Å². The van der Waals surface area contributed by atoms with Gasteiger partial charge in [-0.3, -0.25) is 4.79 Å². The van der Waals surface area contributed by atoms with Crippen LogP contribution in [0.3, 0.4) is 0 Å². The van der Waals surface area contributed by atoms with Crippen LogP contribution in [0.5, 0.6) is 5.75 Å². The van der Waals surface area contributed by atoms with Gasteiger partial charge in [0.25, 0.3) is 5.91 Å². The normalized spacial score (nSPS) is 10.3. The van der Waals surface area contributed by atoms with E-state index in [9.17, 15) is 4.79 Å². The van der Waals surface area contributed by atoms with E-state index in [1.807, 2.05) is 54.6 Å². The van der Waals surface area contributed by atoms with E-state index in [0.29, 0.717) is 12.2 Å². The number of ether oxygens (including phenoxy) is 1. The number of hydrogen-bond acceptors (Lipinski definition) is 2. The Kier molecular flexibility index (Phi) is 5.86. The van der Waals surface area contributed by atoms with Crippen LogP contribution in [0.4, 0.5) is 5.69 Å². The van der Waals surface area contributed by atoms with E-state index in [0.717, 1.165) is 22.3 Å². The quantitative estimate of drug-likeness (QED) is 0.612. The number of halogens is 1. The summed E-state index contributed by atoms with van der Waals surface area (Å²) in [5.74, 6) is 0.615. The van der Waals surface area contributed by atoms with Crippen molar-refractivity contribution in [1.29, 1.82) is 0 Å². The lowest BCUT2D eigenvalue weighted by molar-refractivity contribution is 0.102. The molecule has 3 aromatic carbocycles. The van der Waals surface area contributed by atoms with Crippen molar-refractivity contribution < 1.29 is 9.53 Å². The topological polar surface area (TPSA) is 38.3 Å². The zero-order valence-electron chi connectivity index (χ0n) is 13.6. The predicted molar refractivity (Wildman–Crippen MR) is 104 cm³/mol. The number of carbonyl (C=O) groups is 1. The minimum absolute atomic E-state index is 0.145. The Balaban J connectivity index is 1.53. The van der Waals surface area contributed by atoms with Gasteiger partial charge in [-0.25, -0.2) is 0 Å². The number of hydrogen-bond donors (Lipinski definition) is 1. The second-order valence-corrected chi connectivity index (χ2v) is 6.49. The molecule has 3 aromatic rings. The molecule has 0 aliphatic rings. The highest BCUT2D eigenvalue weighted by molar-refractivity contribution is 9.10. The fourth-order valence-electron chi connectivity index (χ4n) is 2.40. The van der Waals surface area contributed by atoms with Gasteiger partial charge >= 0.3 is 0 Å². The summed E-state index contributed by atoms with van der Waals surface area (Å²) >= 11 is 3.39. The zero-order valence-corrected chi connectivity index (χ0v) is 15.2. The Hall–Kier alpha value is -2.59. The first-order chi connectivity index (χ1) is 12.2. The maximum atomic E-state index is 12.3. The lowest BCUT2D eigenvalue weighted by Gasteiger charge is -2.08. The zero-order chi connectivity index (χ0) is 17.5. The third-order valence-corrected chi connectivity index (χ3v) is 4.19. The third kappa shape index (κ3) is 5.19. The highest BCUT2D eigenvalue weighted by Gasteiger charge is 2.06. The first-order valence-electron chi connectivity index (χ1n) is 8.04. The third-order valence-electron chi connectivity index (χ3n) is 3.70. The number of benzene rings is 3. The van der Waals surface area contributed by atoms with Crippen molar-refractivity contribution in [3.63, 3.8) is 0 Å². The monoisotopic (exact) mass is 395 g/mol. The number of nitrogens with one attached hydrogen (secondary N) is 1. The molecule has 0 saturated carbocycles. The van der Waals surface area contributed by atoms with Crippen LogP contribution in [-0.2, 0) is 6.42 Å². The van der Waals surface area contributed by atoms with Crippen molar-refractivity contribution in [2.45, 2.75) is 6.42 Å². The molecule has 1 amide bonds. The Bertz CT molecular complexity index is 832. The van der Waals surface area contributed by atoms with Crippen molar-refractivity contribution in [2.75, 3.05) is 11.9 Å². The van der Waals surface area contributed by atoms with Gasteiger partial charge in [-0.05, 0) is 48.0 Å². The minimum atomic E-state index is -0.145. The van der Waals surface area contributed by atoms with E-state index >= 15 is 0 Å². The average molecular weight is 396 g/mol. The van der Waals surface area contributed by atoms with Gasteiger partial charge in [-0.1, -0.05) is 52.3 Å². The number of carbonyl (C=O) groups excluding carboxylic acids is 1. The van der Waals surface area contributed by atoms with Gasteiger partial charge in [0.15, 0.2) is 0 Å². The standard InChI is InChI=1S/C21H18BrNO2/c22-18-7-4-8-19(15-18)23-21(24)17-9-11-20(12-10-17)25-14-13-16-5-2-1-3-6-16/h1-12,15H,13-14H2,(H,23,24). The van der Waals surface area contributed by atoms with Crippen LogP contribution in [0.25, 0.3) is 0 Å². The molecule has 25 heavy (non-hydrogen) atoms. The maximum Gasteiger partial charge on any atom is 0.255 e. The van der Waals surface area contributed by atoms with Crippen molar-refractivity contribution in [1.82, 2.24) is 0 Å². The molecule has 4 heteroatoms. The summed E-state index contributed by atoms with van der Waals surface area (Å²) in [5.41, 5.74) is 2.59. The van der Waals surface area contributed by atoms with E-state index in [-0.39, 0.29) is 5.91 Å². The summed E-state index contributed by atoms with van der Waals surface area (Å²) in [6.45, 7) is 0.605. The van der Waals surface area contributed by atoms with Crippen LogP contribution in [0.2, 0.25) is 0 Å². The summed E-state index contributed by atoms with van der Waals surface area (Å²) in [5, 5.41) is 2.87. The first-order valence-corrected chi connectivity index (χ1v) is 8.84. The molecule has 3 rings (SSSR count). The second-order valence-electron chi connectivity index (χ2n) is 5.57. The van der Waals surface area contributed by atoms with Gasteiger partial charge < -0.3 is 10.1 Å². The number of amides is 1. The summed E-state index contributed by atoms with van der Waals surface area (Å²) in [6, 6.07) is 24.9. The molecule has 0 saturated heterocycles. The molecule has 0 aliphatic heterocycles. The maximum absolute atomic E-state index is 12.3.